The van der Waals surface area contributed by atoms with E-state index in [1.807, 2.05) is 0 Å². The van der Waals surface area contributed by atoms with Gasteiger partial charge in [-0.1, -0.05) is 49.5 Å². The molecule has 2 aromatic rings. The van der Waals surface area contributed by atoms with Gasteiger partial charge in [0.25, 0.3) is 0 Å². The average Bonchev–Trinajstić information content (AvgIpc) is 3.18. The molecule has 1 fully saturated rings. The molecule has 56 heavy (non-hydrogen) atoms. The number of thioether (sulfide) groups is 2. The van der Waals surface area contributed by atoms with Gasteiger partial charge in [0.1, 0.15) is 24.7 Å². The Hall–Kier alpha value is -5.76. The van der Waals surface area contributed by atoms with Crippen molar-refractivity contribution < 1.29 is 85.0 Å². The Balaban J connectivity index is 1.33. The van der Waals surface area contributed by atoms with Crippen molar-refractivity contribution in [2.24, 2.45) is 11.8 Å². The number of carbonyl (C=O) groups excluding carboxylic acids is 8. The van der Waals surface area contributed by atoms with Crippen LogP contribution in [0.1, 0.15) is 46.4 Å². The fourth-order valence-electron chi connectivity index (χ4n) is 4.62. The van der Waals surface area contributed by atoms with E-state index in [4.69, 9.17) is 18.9 Å². The maximum Gasteiger partial charge on any atom is 0.516 e. The lowest BCUT2D eigenvalue weighted by molar-refractivity contribution is -0.150. The first kappa shape index (κ1) is 44.6. The molecule has 0 bridgehead atoms. The SMILES string of the molecule is C=C(F)C(=O)OCOC(=O)Oc1ccc(C(=O)OCCSC(=O)[C@H]2CCCC[C@@H]2C(=O)SCCOC(=O)c2ccc(OC(=O)OCOC(=O)C(=C)F)cc2)cc1. The minimum absolute atomic E-state index is 0.0157. The van der Waals surface area contributed by atoms with Crippen molar-refractivity contribution in [3.63, 3.8) is 0 Å². The fraction of sp³-hybridized carbons (Fsp3) is 0.333. The fourth-order valence-corrected chi connectivity index (χ4v) is 6.35. The molecule has 16 nitrogen and oxygen atoms in total. The molecule has 0 unspecified atom stereocenters. The highest BCUT2D eigenvalue weighted by molar-refractivity contribution is 8.14. The number of hydrogen-bond donors (Lipinski definition) is 0. The first-order valence-electron chi connectivity index (χ1n) is 16.3. The number of hydrogen-bond acceptors (Lipinski definition) is 18. The van der Waals surface area contributed by atoms with Gasteiger partial charge >= 0.3 is 36.2 Å². The topological polar surface area (TPSA) is 210 Å². The van der Waals surface area contributed by atoms with Crippen LogP contribution in [0.4, 0.5) is 18.4 Å². The summed E-state index contributed by atoms with van der Waals surface area (Å²) in [7, 11) is 0. The minimum Gasteiger partial charge on any atom is -0.461 e. The summed E-state index contributed by atoms with van der Waals surface area (Å²) in [6.07, 6.45) is 0.0892. The molecule has 0 N–H and O–H groups in total. The highest BCUT2D eigenvalue weighted by Crippen LogP contribution is 2.36. The Morgan fingerprint density at radius 1 is 0.554 bits per heavy atom. The summed E-state index contributed by atoms with van der Waals surface area (Å²) in [4.78, 5) is 96.1. The lowest BCUT2D eigenvalue weighted by atomic mass is 9.81. The van der Waals surface area contributed by atoms with E-state index in [1.165, 1.54) is 48.5 Å². The standard InChI is InChI=1S/C36H34F2O16S2/c1-21(37)29(39)49-19-51-35(45)53-25-11-7-23(8-12-25)31(41)47-15-17-55-33(43)27-5-3-4-6-28(27)34(44)56-18-16-48-32(42)24-9-13-26(14-10-24)54-36(46)52-20-50-30(40)22(2)38/h7-14,27-28H,1-6,15-20H2/t27-,28-/m0/s1. The summed E-state index contributed by atoms with van der Waals surface area (Å²) in [5.74, 6) is -7.74. The third-order valence-electron chi connectivity index (χ3n) is 7.25. The maximum absolute atomic E-state index is 13.1. The summed E-state index contributed by atoms with van der Waals surface area (Å²) in [5, 5.41) is -0.396. The Morgan fingerprint density at radius 3 is 1.25 bits per heavy atom. The first-order chi connectivity index (χ1) is 26.7. The Bertz CT molecular complexity index is 1650. The van der Waals surface area contributed by atoms with E-state index >= 15 is 0 Å². The maximum atomic E-state index is 13.1. The third kappa shape index (κ3) is 15.5. The second kappa shape index (κ2) is 23.2. The molecule has 2 aromatic carbocycles. The van der Waals surface area contributed by atoms with Crippen LogP contribution in [-0.2, 0) is 47.6 Å². The van der Waals surface area contributed by atoms with Crippen molar-refractivity contribution in [3.8, 4) is 11.5 Å². The van der Waals surface area contributed by atoms with E-state index < -0.39 is 73.3 Å². The van der Waals surface area contributed by atoms with Gasteiger partial charge < -0.3 is 37.9 Å². The highest BCUT2D eigenvalue weighted by atomic mass is 32.2. The van der Waals surface area contributed by atoms with Gasteiger partial charge in [0.2, 0.25) is 25.2 Å². The normalized spacial score (nSPS) is 14.5. The van der Waals surface area contributed by atoms with Crippen LogP contribution in [0.15, 0.2) is 73.3 Å². The van der Waals surface area contributed by atoms with Gasteiger partial charge in [-0.3, -0.25) is 9.59 Å². The molecule has 0 amide bonds. The number of esters is 4. The average molecular weight is 825 g/mol. The molecule has 0 saturated heterocycles. The first-order valence-corrected chi connectivity index (χ1v) is 18.3. The molecular formula is C36H34F2O16S2. The van der Waals surface area contributed by atoms with Crippen LogP contribution in [0, 0.1) is 11.8 Å². The number of carbonyl (C=O) groups is 8. The van der Waals surface area contributed by atoms with Gasteiger partial charge in [-0.05, 0) is 61.4 Å². The summed E-state index contributed by atoms with van der Waals surface area (Å²) < 4.78 is 62.7. The lowest BCUT2D eigenvalue weighted by Crippen LogP contribution is -2.31. The molecule has 0 aliphatic heterocycles. The predicted molar refractivity (Wildman–Crippen MR) is 190 cm³/mol. The van der Waals surface area contributed by atoms with Crippen molar-refractivity contribution in [3.05, 3.63) is 84.5 Å². The van der Waals surface area contributed by atoms with Crippen LogP contribution in [0.25, 0.3) is 0 Å². The van der Waals surface area contributed by atoms with E-state index in [1.54, 1.807) is 0 Å². The van der Waals surface area contributed by atoms with E-state index in [2.05, 4.69) is 32.1 Å². The van der Waals surface area contributed by atoms with E-state index in [0.717, 1.165) is 36.4 Å². The molecule has 1 saturated carbocycles. The molecule has 20 heteroatoms. The molecule has 0 heterocycles. The molecular weight excluding hydrogens is 791 g/mol. The van der Waals surface area contributed by atoms with Crippen molar-refractivity contribution in [1.29, 1.82) is 0 Å². The van der Waals surface area contributed by atoms with Gasteiger partial charge in [0, 0.05) is 23.3 Å². The van der Waals surface area contributed by atoms with E-state index in [0.29, 0.717) is 12.8 Å². The summed E-state index contributed by atoms with van der Waals surface area (Å²) in [5.41, 5.74) is 0.239. The Morgan fingerprint density at radius 2 is 0.911 bits per heavy atom. The zero-order chi connectivity index (χ0) is 41.0. The minimum atomic E-state index is -1.40. The van der Waals surface area contributed by atoms with Crippen molar-refractivity contribution in [2.75, 3.05) is 38.3 Å². The van der Waals surface area contributed by atoms with Gasteiger partial charge in [-0.25, -0.2) is 28.8 Å². The Kier molecular flexibility index (Phi) is 18.5. The van der Waals surface area contributed by atoms with Gasteiger partial charge in [0.15, 0.2) is 10.2 Å². The summed E-state index contributed by atoms with van der Waals surface area (Å²) in [6, 6.07) is 10.3. The van der Waals surface area contributed by atoms with Crippen molar-refractivity contribution in [1.82, 2.24) is 0 Å². The molecule has 0 aromatic heterocycles. The van der Waals surface area contributed by atoms with Crippen LogP contribution >= 0.6 is 23.5 Å². The number of benzene rings is 2. The van der Waals surface area contributed by atoms with Crippen molar-refractivity contribution >= 4 is 69.9 Å². The molecule has 3 rings (SSSR count). The lowest BCUT2D eigenvalue weighted by Gasteiger charge is -2.28. The highest BCUT2D eigenvalue weighted by Gasteiger charge is 2.35. The molecule has 2 atom stereocenters. The number of halogens is 2. The van der Waals surface area contributed by atoms with Crippen molar-refractivity contribution in [2.45, 2.75) is 25.7 Å². The molecule has 0 radical (unpaired) electrons. The molecule has 1 aliphatic carbocycles. The van der Waals surface area contributed by atoms with Crippen LogP contribution in [0.3, 0.4) is 0 Å². The molecule has 1 aliphatic rings. The van der Waals surface area contributed by atoms with Crippen LogP contribution in [0.2, 0.25) is 0 Å². The van der Waals surface area contributed by atoms with Gasteiger partial charge in [-0.15, -0.1) is 0 Å². The quantitative estimate of drug-likeness (QED) is 0.0420. The zero-order valence-electron chi connectivity index (χ0n) is 29.4. The van der Waals surface area contributed by atoms with Crippen LogP contribution < -0.4 is 9.47 Å². The largest absolute Gasteiger partial charge is 0.516 e. The number of rotatable bonds is 18. The van der Waals surface area contributed by atoms with E-state index in [-0.39, 0.29) is 57.6 Å². The summed E-state index contributed by atoms with van der Waals surface area (Å²) >= 11 is 1.91. The predicted octanol–water partition coefficient (Wildman–Crippen LogP) is 6.03. The van der Waals surface area contributed by atoms with E-state index in [9.17, 15) is 47.1 Å². The molecule has 300 valence electrons. The van der Waals surface area contributed by atoms with Gasteiger partial charge in [-0.2, -0.15) is 8.78 Å². The Labute approximate surface area is 326 Å². The third-order valence-corrected chi connectivity index (χ3v) is 9.17. The number of ether oxygens (including phenoxy) is 8. The van der Waals surface area contributed by atoms with Crippen LogP contribution in [-0.4, -0.2) is 84.7 Å². The monoisotopic (exact) mass is 824 g/mol. The smallest absolute Gasteiger partial charge is 0.461 e. The molecule has 0 spiro atoms. The summed E-state index contributed by atoms with van der Waals surface area (Å²) in [6.45, 7) is 3.44. The van der Waals surface area contributed by atoms with Crippen LogP contribution in [0.5, 0.6) is 11.5 Å². The second-order valence-electron chi connectivity index (χ2n) is 11.1. The van der Waals surface area contributed by atoms with Gasteiger partial charge in [0.05, 0.1) is 11.1 Å². The second-order valence-corrected chi connectivity index (χ2v) is 13.3. The zero-order valence-corrected chi connectivity index (χ0v) is 31.0.